The molecule has 1 aromatic heterocycles. The maximum absolute atomic E-state index is 5.50. The molecule has 0 aliphatic carbocycles. The quantitative estimate of drug-likeness (QED) is 0.812. The van der Waals surface area contributed by atoms with Crippen LogP contribution in [0.15, 0.2) is 12.4 Å². The minimum absolute atomic E-state index is 0.375. The average molecular weight is 306 g/mol. The predicted octanol–water partition coefficient (Wildman–Crippen LogP) is 1.62. The Balaban J connectivity index is 2.53. The van der Waals surface area contributed by atoms with E-state index < -0.39 is 0 Å². The van der Waals surface area contributed by atoms with E-state index in [0.717, 1.165) is 16.4 Å². The van der Waals surface area contributed by atoms with Gasteiger partial charge in [-0.2, -0.15) is 0 Å². The molecule has 0 radical (unpaired) electrons. The third-order valence-electron chi connectivity index (χ3n) is 1.96. The summed E-state index contributed by atoms with van der Waals surface area (Å²) < 4.78 is 1.04. The summed E-state index contributed by atoms with van der Waals surface area (Å²) in [6.45, 7) is 2.82. The Morgan fingerprint density at radius 3 is 2.64 bits per heavy atom. The van der Waals surface area contributed by atoms with Gasteiger partial charge >= 0.3 is 0 Å². The van der Waals surface area contributed by atoms with Crippen molar-refractivity contribution in [2.75, 3.05) is 11.9 Å². The van der Waals surface area contributed by atoms with Crippen LogP contribution in [0.5, 0.6) is 0 Å². The summed E-state index contributed by atoms with van der Waals surface area (Å²) in [5, 5.41) is 3.25. The minimum Gasteiger partial charge on any atom is -0.351 e. The highest BCUT2D eigenvalue weighted by atomic mass is 127. The van der Waals surface area contributed by atoms with E-state index in [9.17, 15) is 0 Å². The van der Waals surface area contributed by atoms with Crippen molar-refractivity contribution in [2.45, 2.75) is 25.8 Å². The Labute approximate surface area is 97.8 Å². The largest absolute Gasteiger partial charge is 0.351 e. The smallest absolute Gasteiger partial charge is 0.222 e. The van der Waals surface area contributed by atoms with Crippen molar-refractivity contribution in [1.82, 2.24) is 9.97 Å². The summed E-state index contributed by atoms with van der Waals surface area (Å²) in [7, 11) is 0. The summed E-state index contributed by atoms with van der Waals surface area (Å²) in [5.41, 5.74) is 5.50. The van der Waals surface area contributed by atoms with Crippen LogP contribution in [0.3, 0.4) is 0 Å². The van der Waals surface area contributed by atoms with Crippen LogP contribution in [-0.4, -0.2) is 22.6 Å². The van der Waals surface area contributed by atoms with Gasteiger partial charge in [0.25, 0.3) is 0 Å². The average Bonchev–Trinajstić information content (AvgIpc) is 2.20. The van der Waals surface area contributed by atoms with Crippen LogP contribution in [0, 0.1) is 3.57 Å². The van der Waals surface area contributed by atoms with Gasteiger partial charge < -0.3 is 11.1 Å². The molecule has 0 aliphatic heterocycles. The Morgan fingerprint density at radius 2 is 2.14 bits per heavy atom. The van der Waals surface area contributed by atoms with Gasteiger partial charge in [0.2, 0.25) is 5.95 Å². The first-order valence-corrected chi connectivity index (χ1v) is 5.78. The molecule has 14 heavy (non-hydrogen) atoms. The Kier molecular flexibility index (Phi) is 5.10. The number of anilines is 1. The highest BCUT2D eigenvalue weighted by Crippen LogP contribution is 2.07. The van der Waals surface area contributed by atoms with Crippen molar-refractivity contribution in [3.63, 3.8) is 0 Å². The maximum atomic E-state index is 5.50. The van der Waals surface area contributed by atoms with Gasteiger partial charge in [-0.3, -0.25) is 0 Å². The van der Waals surface area contributed by atoms with Crippen molar-refractivity contribution in [3.05, 3.63) is 16.0 Å². The first kappa shape index (κ1) is 11.6. The number of halogens is 1. The van der Waals surface area contributed by atoms with Gasteiger partial charge in [0, 0.05) is 22.0 Å². The molecule has 1 heterocycles. The van der Waals surface area contributed by atoms with Gasteiger partial charge in [-0.1, -0.05) is 6.92 Å². The topological polar surface area (TPSA) is 63.8 Å². The zero-order valence-electron chi connectivity index (χ0n) is 8.20. The van der Waals surface area contributed by atoms with Crippen molar-refractivity contribution in [3.8, 4) is 0 Å². The normalized spacial score (nSPS) is 12.5. The van der Waals surface area contributed by atoms with Crippen molar-refractivity contribution < 1.29 is 0 Å². The standard InChI is InChI=1S/C9H15IN4/c1-2-8(3-4-11)14-9-12-5-7(10)6-13-9/h5-6,8H,2-4,11H2,1H3,(H,12,13,14). The zero-order chi connectivity index (χ0) is 10.4. The van der Waals surface area contributed by atoms with Crippen LogP contribution in [0.1, 0.15) is 19.8 Å². The molecule has 1 atom stereocenters. The first-order chi connectivity index (χ1) is 6.76. The first-order valence-electron chi connectivity index (χ1n) is 4.70. The van der Waals surface area contributed by atoms with Gasteiger partial charge in [-0.25, -0.2) is 9.97 Å². The second-order valence-corrected chi connectivity index (χ2v) is 4.30. The molecule has 1 aromatic rings. The highest BCUT2D eigenvalue weighted by molar-refractivity contribution is 14.1. The molecular formula is C9H15IN4. The molecule has 0 spiro atoms. The van der Waals surface area contributed by atoms with Gasteiger partial charge in [0.05, 0.1) is 0 Å². The molecule has 0 aromatic carbocycles. The lowest BCUT2D eigenvalue weighted by Gasteiger charge is -2.15. The summed E-state index contributed by atoms with van der Waals surface area (Å²) >= 11 is 2.18. The number of hydrogen-bond acceptors (Lipinski definition) is 4. The van der Waals surface area contributed by atoms with Gasteiger partial charge in [-0.15, -0.1) is 0 Å². The number of rotatable bonds is 5. The van der Waals surface area contributed by atoms with E-state index >= 15 is 0 Å². The van der Waals surface area contributed by atoms with E-state index in [4.69, 9.17) is 5.73 Å². The van der Waals surface area contributed by atoms with E-state index in [1.165, 1.54) is 0 Å². The second-order valence-electron chi connectivity index (χ2n) is 3.05. The SMILES string of the molecule is CCC(CCN)Nc1ncc(I)cn1. The molecule has 1 rings (SSSR count). The Bertz CT molecular complexity index is 262. The fourth-order valence-electron chi connectivity index (χ4n) is 1.15. The number of hydrogen-bond donors (Lipinski definition) is 2. The van der Waals surface area contributed by atoms with Crippen molar-refractivity contribution in [1.29, 1.82) is 0 Å². The summed E-state index contributed by atoms with van der Waals surface area (Å²) in [6.07, 6.45) is 5.58. The van der Waals surface area contributed by atoms with Crippen LogP contribution in [0.2, 0.25) is 0 Å². The molecule has 1 unspecified atom stereocenters. The van der Waals surface area contributed by atoms with E-state index in [1.54, 1.807) is 12.4 Å². The van der Waals surface area contributed by atoms with Gasteiger partial charge in [-0.05, 0) is 42.0 Å². The molecular weight excluding hydrogens is 291 g/mol. The van der Waals surface area contributed by atoms with E-state index in [0.29, 0.717) is 18.5 Å². The third-order valence-corrected chi connectivity index (χ3v) is 2.52. The Morgan fingerprint density at radius 1 is 1.50 bits per heavy atom. The van der Waals surface area contributed by atoms with E-state index in [-0.39, 0.29) is 0 Å². The van der Waals surface area contributed by atoms with Crippen LogP contribution in [0.4, 0.5) is 5.95 Å². The lowest BCUT2D eigenvalue weighted by Crippen LogP contribution is -2.23. The lowest BCUT2D eigenvalue weighted by atomic mass is 10.1. The number of aromatic nitrogens is 2. The summed E-state index contributed by atoms with van der Waals surface area (Å²) in [6, 6.07) is 0.375. The van der Waals surface area contributed by atoms with Crippen LogP contribution in [-0.2, 0) is 0 Å². The van der Waals surface area contributed by atoms with Crippen LogP contribution >= 0.6 is 22.6 Å². The van der Waals surface area contributed by atoms with E-state index in [1.807, 2.05) is 0 Å². The second kappa shape index (κ2) is 6.13. The molecule has 0 amide bonds. The van der Waals surface area contributed by atoms with Crippen LogP contribution < -0.4 is 11.1 Å². The number of nitrogens with two attached hydrogens (primary N) is 1. The molecule has 5 heteroatoms. The van der Waals surface area contributed by atoms with Crippen molar-refractivity contribution in [2.24, 2.45) is 5.73 Å². The summed E-state index contributed by atoms with van der Waals surface area (Å²) in [4.78, 5) is 8.36. The molecule has 0 bridgehead atoms. The third kappa shape index (κ3) is 3.75. The van der Waals surface area contributed by atoms with E-state index in [2.05, 4.69) is 44.8 Å². The highest BCUT2D eigenvalue weighted by Gasteiger charge is 2.05. The number of nitrogens with zero attached hydrogens (tertiary/aromatic N) is 2. The molecule has 0 saturated carbocycles. The lowest BCUT2D eigenvalue weighted by molar-refractivity contribution is 0.636. The fourth-order valence-corrected chi connectivity index (χ4v) is 1.43. The minimum atomic E-state index is 0.375. The zero-order valence-corrected chi connectivity index (χ0v) is 10.4. The monoisotopic (exact) mass is 306 g/mol. The molecule has 0 fully saturated rings. The maximum Gasteiger partial charge on any atom is 0.222 e. The molecule has 3 N–H and O–H groups in total. The van der Waals surface area contributed by atoms with Crippen molar-refractivity contribution >= 4 is 28.5 Å². The van der Waals surface area contributed by atoms with Gasteiger partial charge in [0.1, 0.15) is 0 Å². The fraction of sp³-hybridized carbons (Fsp3) is 0.556. The molecule has 4 nitrogen and oxygen atoms in total. The molecule has 78 valence electrons. The molecule has 0 saturated heterocycles. The summed E-state index contributed by atoms with van der Waals surface area (Å²) in [5.74, 6) is 0.686. The number of nitrogens with one attached hydrogen (secondary N) is 1. The molecule has 0 aliphatic rings. The van der Waals surface area contributed by atoms with Gasteiger partial charge in [0.15, 0.2) is 0 Å². The Hall–Kier alpha value is -0.430. The van der Waals surface area contributed by atoms with Crippen LogP contribution in [0.25, 0.3) is 0 Å². The predicted molar refractivity (Wildman–Crippen MR) is 66.1 cm³/mol.